The molecule has 1 aliphatic rings. The van der Waals surface area contributed by atoms with Crippen LogP contribution in [0.5, 0.6) is 0 Å². The molecule has 0 radical (unpaired) electrons. The number of hydrogen-bond acceptors (Lipinski definition) is 4. The summed E-state index contributed by atoms with van der Waals surface area (Å²) in [4.78, 5) is 16.5. The summed E-state index contributed by atoms with van der Waals surface area (Å²) in [5.41, 5.74) is 1.62. The first-order valence-electron chi connectivity index (χ1n) is 5.74. The number of piperazine rings is 1. The van der Waals surface area contributed by atoms with Gasteiger partial charge >= 0.3 is 0 Å². The van der Waals surface area contributed by atoms with Gasteiger partial charge in [0.05, 0.1) is 19.2 Å². The molecule has 1 aromatic carbocycles. The van der Waals surface area contributed by atoms with Gasteiger partial charge in [0.1, 0.15) is 11.6 Å². The Morgan fingerprint density at radius 1 is 1.47 bits per heavy atom. The number of rotatable bonds is 3. The summed E-state index contributed by atoms with van der Waals surface area (Å²) < 4.78 is 0. The molecule has 4 nitrogen and oxygen atoms in total. The van der Waals surface area contributed by atoms with Crippen LogP contribution >= 0.6 is 0 Å². The topological polar surface area (TPSA) is 41.6 Å². The lowest BCUT2D eigenvalue weighted by Gasteiger charge is -2.32. The summed E-state index contributed by atoms with van der Waals surface area (Å²) in [5, 5.41) is 4.83. The molecular weight excluding hydrogens is 216 g/mol. The molecule has 4 heteroatoms. The highest BCUT2D eigenvalue weighted by atomic mass is 16.7. The fourth-order valence-corrected chi connectivity index (χ4v) is 1.82. The van der Waals surface area contributed by atoms with E-state index in [0.29, 0.717) is 18.8 Å². The van der Waals surface area contributed by atoms with Gasteiger partial charge in [0.25, 0.3) is 0 Å². The monoisotopic (exact) mass is 232 g/mol. The first-order valence-corrected chi connectivity index (χ1v) is 5.74. The van der Waals surface area contributed by atoms with E-state index in [4.69, 9.17) is 4.84 Å². The first-order chi connectivity index (χ1) is 8.31. The second-order valence-corrected chi connectivity index (χ2v) is 4.02. The van der Waals surface area contributed by atoms with E-state index < -0.39 is 0 Å². The third-order valence-corrected chi connectivity index (χ3v) is 2.78. The standard InChI is InChI=1S/C13H16N2O2/c1-11-13(9-16)15(8-7-14-11)17-10-12-5-3-2-4-6-12/h2-6,11,14H,7-8,10H2,1H3/t11-/m0/s1. The van der Waals surface area contributed by atoms with E-state index >= 15 is 0 Å². The van der Waals surface area contributed by atoms with Gasteiger partial charge in [-0.05, 0) is 12.5 Å². The first kappa shape index (κ1) is 11.9. The van der Waals surface area contributed by atoms with Gasteiger partial charge in [-0.3, -0.25) is 4.84 Å². The highest BCUT2D eigenvalue weighted by Crippen LogP contribution is 2.13. The Morgan fingerprint density at radius 3 is 2.94 bits per heavy atom. The van der Waals surface area contributed by atoms with Crippen LogP contribution in [0.4, 0.5) is 0 Å². The molecule has 90 valence electrons. The van der Waals surface area contributed by atoms with Crippen molar-refractivity contribution in [1.29, 1.82) is 0 Å². The fourth-order valence-electron chi connectivity index (χ4n) is 1.82. The predicted octanol–water partition coefficient (Wildman–Crippen LogP) is 1.13. The minimum Gasteiger partial charge on any atom is -0.306 e. The zero-order valence-electron chi connectivity index (χ0n) is 9.85. The van der Waals surface area contributed by atoms with Gasteiger partial charge in [-0.25, -0.2) is 9.86 Å². The average Bonchev–Trinajstić information content (AvgIpc) is 2.37. The van der Waals surface area contributed by atoms with Gasteiger partial charge in [0, 0.05) is 6.54 Å². The van der Waals surface area contributed by atoms with Crippen LogP contribution in [0.2, 0.25) is 0 Å². The van der Waals surface area contributed by atoms with E-state index in [1.54, 1.807) is 5.06 Å². The number of nitrogens with zero attached hydrogens (tertiary/aromatic N) is 1. The molecule has 1 atom stereocenters. The van der Waals surface area contributed by atoms with Crippen LogP contribution in [-0.2, 0) is 16.2 Å². The lowest BCUT2D eigenvalue weighted by molar-refractivity contribution is -0.151. The Labute approximate surface area is 101 Å². The fraction of sp³-hybridized carbons (Fsp3) is 0.385. The lowest BCUT2D eigenvalue weighted by atomic mass is 10.2. The van der Waals surface area contributed by atoms with E-state index in [9.17, 15) is 4.79 Å². The van der Waals surface area contributed by atoms with Crippen molar-refractivity contribution < 1.29 is 9.63 Å². The highest BCUT2D eigenvalue weighted by molar-refractivity contribution is 5.53. The maximum Gasteiger partial charge on any atom is 0.149 e. The van der Waals surface area contributed by atoms with Crippen LogP contribution in [0.15, 0.2) is 36.0 Å². The van der Waals surface area contributed by atoms with Gasteiger partial charge in [0.15, 0.2) is 0 Å². The Bertz CT molecular complexity index is 413. The largest absolute Gasteiger partial charge is 0.306 e. The van der Waals surface area contributed by atoms with E-state index in [0.717, 1.165) is 12.1 Å². The van der Waals surface area contributed by atoms with Gasteiger partial charge < -0.3 is 5.32 Å². The molecule has 0 unspecified atom stereocenters. The molecule has 17 heavy (non-hydrogen) atoms. The maximum atomic E-state index is 10.9. The maximum absolute atomic E-state index is 10.9. The van der Waals surface area contributed by atoms with Crippen molar-refractivity contribution >= 4 is 5.94 Å². The van der Waals surface area contributed by atoms with Crippen LogP contribution in [0.1, 0.15) is 12.5 Å². The Morgan fingerprint density at radius 2 is 2.24 bits per heavy atom. The van der Waals surface area contributed by atoms with Crippen molar-refractivity contribution in [2.24, 2.45) is 0 Å². The zero-order chi connectivity index (χ0) is 12.1. The normalized spacial score (nSPS) is 20.2. The summed E-state index contributed by atoms with van der Waals surface area (Å²) >= 11 is 0. The minimum absolute atomic E-state index is 0.00276. The summed E-state index contributed by atoms with van der Waals surface area (Å²) in [6.07, 6.45) is 0. The van der Waals surface area contributed by atoms with E-state index in [2.05, 4.69) is 5.32 Å². The van der Waals surface area contributed by atoms with Crippen molar-refractivity contribution in [2.75, 3.05) is 13.1 Å². The molecule has 1 aliphatic heterocycles. The molecule has 0 spiro atoms. The van der Waals surface area contributed by atoms with Gasteiger partial charge in [0.2, 0.25) is 0 Å². The molecule has 1 fully saturated rings. The summed E-state index contributed by atoms with van der Waals surface area (Å²) in [6.45, 7) is 3.87. The quantitative estimate of drug-likeness (QED) is 0.793. The second kappa shape index (κ2) is 5.64. The van der Waals surface area contributed by atoms with Gasteiger partial charge in [-0.1, -0.05) is 30.3 Å². The number of carbonyl (C=O) groups excluding carboxylic acids is 1. The molecule has 1 heterocycles. The summed E-state index contributed by atoms with van der Waals surface area (Å²) in [5.74, 6) is 1.95. The predicted molar refractivity (Wildman–Crippen MR) is 64.6 cm³/mol. The number of hydrogen-bond donors (Lipinski definition) is 1. The van der Waals surface area contributed by atoms with Crippen LogP contribution in [-0.4, -0.2) is 30.1 Å². The Kier molecular flexibility index (Phi) is 3.94. The van der Waals surface area contributed by atoms with Gasteiger partial charge in [-0.15, -0.1) is 0 Å². The highest BCUT2D eigenvalue weighted by Gasteiger charge is 2.22. The molecule has 0 aromatic heterocycles. The molecule has 1 N–H and O–H groups in total. The van der Waals surface area contributed by atoms with Gasteiger partial charge in [-0.2, -0.15) is 0 Å². The third kappa shape index (κ3) is 2.94. The van der Waals surface area contributed by atoms with Crippen molar-refractivity contribution in [3.63, 3.8) is 0 Å². The Balaban J connectivity index is 1.96. The number of nitrogens with one attached hydrogen (secondary N) is 1. The van der Waals surface area contributed by atoms with Crippen molar-refractivity contribution in [1.82, 2.24) is 10.4 Å². The molecule has 0 saturated carbocycles. The smallest absolute Gasteiger partial charge is 0.149 e. The molecule has 2 rings (SSSR count). The van der Waals surface area contributed by atoms with Crippen molar-refractivity contribution in [2.45, 2.75) is 19.6 Å². The van der Waals surface area contributed by atoms with Crippen LogP contribution in [0.3, 0.4) is 0 Å². The summed E-state index contributed by atoms with van der Waals surface area (Å²) in [6, 6.07) is 9.89. The molecule has 0 bridgehead atoms. The van der Waals surface area contributed by atoms with Crippen LogP contribution in [0.25, 0.3) is 0 Å². The van der Waals surface area contributed by atoms with E-state index in [-0.39, 0.29) is 6.04 Å². The van der Waals surface area contributed by atoms with Crippen molar-refractivity contribution in [3.05, 3.63) is 41.6 Å². The van der Waals surface area contributed by atoms with Crippen LogP contribution < -0.4 is 5.32 Å². The minimum atomic E-state index is -0.00276. The summed E-state index contributed by atoms with van der Waals surface area (Å²) in [7, 11) is 0. The van der Waals surface area contributed by atoms with Crippen molar-refractivity contribution in [3.8, 4) is 0 Å². The van der Waals surface area contributed by atoms with Crippen LogP contribution in [0, 0.1) is 0 Å². The molecule has 1 aromatic rings. The Hall–Kier alpha value is -1.61. The third-order valence-electron chi connectivity index (χ3n) is 2.78. The zero-order valence-corrected chi connectivity index (χ0v) is 9.85. The molecule has 1 saturated heterocycles. The number of benzene rings is 1. The lowest BCUT2D eigenvalue weighted by Crippen LogP contribution is -2.47. The SMILES string of the molecule is C[C@@H]1NCCN(OCc2ccccc2)C1=C=O. The second-order valence-electron chi connectivity index (χ2n) is 4.02. The van der Waals surface area contributed by atoms with E-state index in [1.807, 2.05) is 43.2 Å². The average molecular weight is 232 g/mol. The molecule has 0 amide bonds. The van der Waals surface area contributed by atoms with E-state index in [1.165, 1.54) is 0 Å². The number of hydroxylamine groups is 2. The molecular formula is C13H16N2O2. The molecule has 0 aliphatic carbocycles.